The summed E-state index contributed by atoms with van der Waals surface area (Å²) in [5.74, 6) is 0. The van der Waals surface area contributed by atoms with E-state index in [2.05, 4.69) is 4.65 Å². The zero-order valence-electron chi connectivity index (χ0n) is 7.35. The molecule has 4 atom stereocenters. The van der Waals surface area contributed by atoms with E-state index in [9.17, 15) is 5.11 Å². The summed E-state index contributed by atoms with van der Waals surface area (Å²) in [7, 11) is -2.05. The summed E-state index contributed by atoms with van der Waals surface area (Å²) in [6.07, 6.45) is -4.29. The molecule has 7 nitrogen and oxygen atoms in total. The number of aliphatic hydroxyl groups is 3. The molecule has 0 aromatic heterocycles. The Balaban J connectivity index is 2.52. The number of ether oxygens (including phenoxy) is 1. The predicted molar refractivity (Wildman–Crippen MR) is 43.9 cm³/mol. The van der Waals surface area contributed by atoms with Crippen LogP contribution in [0.2, 0.25) is 0 Å². The Morgan fingerprint density at radius 2 is 2.07 bits per heavy atom. The quantitative estimate of drug-likeness (QED) is 0.303. The average molecular weight is 208 g/mol. The number of aliphatic hydroxyl groups excluding tert-OH is 3. The van der Waals surface area contributed by atoms with Crippen LogP contribution in [0.3, 0.4) is 0 Å². The van der Waals surface area contributed by atoms with Gasteiger partial charge in [-0.2, -0.15) is 0 Å². The highest BCUT2D eigenvalue weighted by molar-refractivity contribution is 6.32. The molecule has 1 aliphatic heterocycles. The zero-order valence-corrected chi connectivity index (χ0v) is 7.35. The summed E-state index contributed by atoms with van der Waals surface area (Å²) in [6, 6.07) is 0. The lowest BCUT2D eigenvalue weighted by Crippen LogP contribution is -2.44. The van der Waals surface area contributed by atoms with Gasteiger partial charge in [0.2, 0.25) is 0 Å². The smallest absolute Gasteiger partial charge is 0.402 e. The van der Waals surface area contributed by atoms with Crippen molar-refractivity contribution >= 4 is 7.32 Å². The van der Waals surface area contributed by atoms with Crippen molar-refractivity contribution in [2.75, 3.05) is 13.2 Å². The molecule has 0 saturated carbocycles. The fraction of sp³-hybridized carbons (Fsp3) is 1.00. The van der Waals surface area contributed by atoms with Gasteiger partial charge < -0.3 is 34.8 Å². The first kappa shape index (κ1) is 11.9. The third kappa shape index (κ3) is 2.64. The van der Waals surface area contributed by atoms with Crippen molar-refractivity contribution < 1.29 is 34.8 Å². The van der Waals surface area contributed by atoms with Crippen LogP contribution in [0.1, 0.15) is 0 Å². The molecule has 0 amide bonds. The minimum Gasteiger partial charge on any atom is -0.402 e. The van der Waals surface area contributed by atoms with Gasteiger partial charge in [0.1, 0.15) is 18.3 Å². The Morgan fingerprint density at radius 1 is 1.43 bits per heavy atom. The topological polar surface area (TPSA) is 120 Å². The summed E-state index contributed by atoms with van der Waals surface area (Å²) >= 11 is 0. The van der Waals surface area contributed by atoms with Gasteiger partial charge in [0, 0.05) is 0 Å². The summed E-state index contributed by atoms with van der Waals surface area (Å²) in [6.45, 7) is -0.626. The van der Waals surface area contributed by atoms with E-state index in [1.165, 1.54) is 0 Å². The van der Waals surface area contributed by atoms with Gasteiger partial charge in [-0.1, -0.05) is 0 Å². The predicted octanol–water partition coefficient (Wildman–Crippen LogP) is -3.55. The van der Waals surface area contributed by atoms with Crippen LogP contribution in [0.25, 0.3) is 0 Å². The van der Waals surface area contributed by atoms with Crippen LogP contribution in [0.4, 0.5) is 0 Å². The minimum absolute atomic E-state index is 0.0762. The Morgan fingerprint density at radius 3 is 2.43 bits per heavy atom. The molecule has 0 bridgehead atoms. The minimum atomic E-state index is -2.05. The maximum Gasteiger partial charge on any atom is 0.634 e. The highest BCUT2D eigenvalue weighted by Crippen LogP contribution is 2.19. The summed E-state index contributed by atoms with van der Waals surface area (Å²) < 4.78 is 9.39. The van der Waals surface area contributed by atoms with Gasteiger partial charge in [-0.05, 0) is 0 Å². The molecule has 0 aliphatic carbocycles. The molecule has 8 heteroatoms. The normalized spacial score (nSPS) is 34.5. The molecule has 5 N–H and O–H groups in total. The fourth-order valence-corrected chi connectivity index (χ4v) is 1.33. The highest BCUT2D eigenvalue weighted by Gasteiger charge is 2.41. The van der Waals surface area contributed by atoms with Crippen molar-refractivity contribution in [2.45, 2.75) is 24.4 Å². The average Bonchev–Trinajstić information content (AvgIpc) is 2.44. The molecule has 1 saturated heterocycles. The Bertz CT molecular complexity index is 178. The molecule has 1 rings (SSSR count). The van der Waals surface area contributed by atoms with E-state index in [-0.39, 0.29) is 6.61 Å². The summed E-state index contributed by atoms with van der Waals surface area (Å²) in [4.78, 5) is 0. The molecule has 0 radical (unpaired) electrons. The first-order valence-electron chi connectivity index (χ1n) is 4.16. The molecule has 1 heterocycles. The summed E-state index contributed by atoms with van der Waals surface area (Å²) in [5.41, 5.74) is 0. The van der Waals surface area contributed by atoms with Crippen molar-refractivity contribution in [2.24, 2.45) is 0 Å². The van der Waals surface area contributed by atoms with Crippen molar-refractivity contribution in [1.29, 1.82) is 0 Å². The third-order valence-corrected chi connectivity index (χ3v) is 2.03. The van der Waals surface area contributed by atoms with Crippen molar-refractivity contribution in [1.82, 2.24) is 0 Å². The molecule has 0 aromatic carbocycles. The molecule has 0 aromatic rings. The van der Waals surface area contributed by atoms with E-state index in [0.29, 0.717) is 0 Å². The maximum atomic E-state index is 9.34. The lowest BCUT2D eigenvalue weighted by atomic mass is 10.1. The van der Waals surface area contributed by atoms with Crippen LogP contribution >= 0.6 is 0 Å². The second-order valence-electron chi connectivity index (χ2n) is 3.04. The SMILES string of the molecule is OC[C@@H](OB(O)O)[C@H]1OC[C@H](O)[C@H]1O. The van der Waals surface area contributed by atoms with Gasteiger partial charge in [-0.3, -0.25) is 0 Å². The second-order valence-corrected chi connectivity index (χ2v) is 3.04. The third-order valence-electron chi connectivity index (χ3n) is 2.03. The zero-order chi connectivity index (χ0) is 10.7. The molecule has 1 aliphatic rings. The van der Waals surface area contributed by atoms with E-state index in [1.807, 2.05) is 0 Å². The molecule has 82 valence electrons. The number of rotatable bonds is 4. The van der Waals surface area contributed by atoms with Crippen LogP contribution < -0.4 is 0 Å². The van der Waals surface area contributed by atoms with Crippen LogP contribution in [0, 0.1) is 0 Å². The standard InChI is InChI=1S/C6H13BO7/c8-1-4(14-7(11)12)6-5(10)3(9)2-13-6/h3-6,8-12H,1-2H2/t3-,4+,5+,6+/m0/s1. The van der Waals surface area contributed by atoms with Crippen molar-refractivity contribution in [3.63, 3.8) is 0 Å². The lowest BCUT2D eigenvalue weighted by molar-refractivity contribution is -0.0712. The van der Waals surface area contributed by atoms with Gasteiger partial charge in [-0.25, -0.2) is 0 Å². The monoisotopic (exact) mass is 208 g/mol. The molecular formula is C6H13BO7. The second kappa shape index (κ2) is 5.03. The molecule has 0 spiro atoms. The molecule has 0 unspecified atom stereocenters. The van der Waals surface area contributed by atoms with Crippen LogP contribution in [0.5, 0.6) is 0 Å². The van der Waals surface area contributed by atoms with E-state index >= 15 is 0 Å². The largest absolute Gasteiger partial charge is 0.634 e. The highest BCUT2D eigenvalue weighted by atomic mass is 16.6. The van der Waals surface area contributed by atoms with Crippen molar-refractivity contribution in [3.05, 3.63) is 0 Å². The van der Waals surface area contributed by atoms with Gasteiger partial charge in [0.05, 0.1) is 19.3 Å². The van der Waals surface area contributed by atoms with E-state index in [0.717, 1.165) is 0 Å². The Hall–Kier alpha value is -0.215. The number of hydrogen-bond acceptors (Lipinski definition) is 7. The van der Waals surface area contributed by atoms with Gasteiger partial charge in [0.25, 0.3) is 0 Å². The van der Waals surface area contributed by atoms with Gasteiger partial charge >= 0.3 is 7.32 Å². The number of hydrogen-bond donors (Lipinski definition) is 5. The first-order valence-corrected chi connectivity index (χ1v) is 4.16. The van der Waals surface area contributed by atoms with E-state index in [4.69, 9.17) is 25.0 Å². The fourth-order valence-electron chi connectivity index (χ4n) is 1.33. The molecular weight excluding hydrogens is 195 g/mol. The Kier molecular flexibility index (Phi) is 4.26. The van der Waals surface area contributed by atoms with Gasteiger partial charge in [0.15, 0.2) is 0 Å². The first-order chi connectivity index (χ1) is 6.56. The van der Waals surface area contributed by atoms with Crippen molar-refractivity contribution in [3.8, 4) is 0 Å². The molecule has 1 fully saturated rings. The lowest BCUT2D eigenvalue weighted by Gasteiger charge is -2.23. The van der Waals surface area contributed by atoms with Gasteiger partial charge in [-0.15, -0.1) is 0 Å². The summed E-state index contributed by atoms with van der Waals surface area (Å²) in [5, 5.41) is 44.2. The van der Waals surface area contributed by atoms with Crippen LogP contribution in [0.15, 0.2) is 0 Å². The molecule has 14 heavy (non-hydrogen) atoms. The van der Waals surface area contributed by atoms with Crippen LogP contribution in [-0.2, 0) is 9.39 Å². The Labute approximate surface area is 80.7 Å². The van der Waals surface area contributed by atoms with Crippen LogP contribution in [-0.4, -0.2) is 70.3 Å². The maximum absolute atomic E-state index is 9.34. The van der Waals surface area contributed by atoms with E-state index < -0.39 is 38.3 Å². The van der Waals surface area contributed by atoms with E-state index in [1.54, 1.807) is 0 Å².